The van der Waals surface area contributed by atoms with Crippen molar-refractivity contribution in [2.24, 2.45) is 0 Å². The zero-order valence-corrected chi connectivity index (χ0v) is 35.0. The molecule has 0 radical (unpaired) electrons. The van der Waals surface area contributed by atoms with Crippen molar-refractivity contribution < 1.29 is 79.4 Å². The van der Waals surface area contributed by atoms with E-state index < -0.39 is 110 Å². The van der Waals surface area contributed by atoms with E-state index in [9.17, 15) is 50.6 Å². The maximum atomic E-state index is 14.2. The van der Waals surface area contributed by atoms with Crippen LogP contribution in [-0.2, 0) is 46.5 Å². The van der Waals surface area contributed by atoms with E-state index in [1.54, 1.807) is 102 Å². The minimum atomic E-state index is -5.04. The molecule has 0 aromatic heterocycles. The van der Waals surface area contributed by atoms with Crippen molar-refractivity contribution in [2.75, 3.05) is 32.9 Å². The van der Waals surface area contributed by atoms with Crippen LogP contribution < -0.4 is 10.6 Å². The predicted octanol–water partition coefficient (Wildman–Crippen LogP) is 7.15. The van der Waals surface area contributed by atoms with Crippen LogP contribution in [0.25, 0.3) is 0 Å². The Morgan fingerprint density at radius 2 is 1.00 bits per heavy atom. The number of aliphatic hydroxyl groups is 2. The number of halogens is 6. The van der Waals surface area contributed by atoms with Crippen molar-refractivity contribution >= 4 is 23.8 Å². The summed E-state index contributed by atoms with van der Waals surface area (Å²) < 4.78 is 110. The molecule has 0 aliphatic heterocycles. The summed E-state index contributed by atoms with van der Waals surface area (Å²) in [5.74, 6) is -2.71. The van der Waals surface area contributed by atoms with Crippen LogP contribution in [0.4, 0.5) is 35.9 Å². The van der Waals surface area contributed by atoms with Gasteiger partial charge < -0.3 is 44.5 Å². The highest BCUT2D eigenvalue weighted by Crippen LogP contribution is 2.40. The van der Waals surface area contributed by atoms with E-state index in [0.717, 1.165) is 0 Å². The third kappa shape index (κ3) is 19.4. The fourth-order valence-corrected chi connectivity index (χ4v) is 5.13. The van der Waals surface area contributed by atoms with E-state index in [-0.39, 0.29) is 26.1 Å². The topological polar surface area (TPSA) is 179 Å². The van der Waals surface area contributed by atoms with Crippen molar-refractivity contribution in [2.45, 2.75) is 128 Å². The first-order valence-corrected chi connectivity index (χ1v) is 19.0. The number of Topliss-reactive ketones (excluding diaryl/α,β-unsaturated/α-hetero) is 2. The molecule has 2 aromatic rings. The second-order valence-corrected chi connectivity index (χ2v) is 15.6. The summed E-state index contributed by atoms with van der Waals surface area (Å²) in [7, 11) is 0. The fraction of sp³-hybridized carbons (Fsp3) is 0.610. The average molecular weight is 869 g/mol. The van der Waals surface area contributed by atoms with Gasteiger partial charge in [-0.25, -0.2) is 9.59 Å². The molecule has 0 unspecified atom stereocenters. The first kappa shape index (κ1) is 53.7. The Hall–Kier alpha value is -4.30. The van der Waals surface area contributed by atoms with Crippen LogP contribution in [0.15, 0.2) is 60.7 Å². The van der Waals surface area contributed by atoms with Gasteiger partial charge in [-0.05, 0) is 85.3 Å². The van der Waals surface area contributed by atoms with Crippen molar-refractivity contribution in [3.63, 3.8) is 0 Å². The summed E-state index contributed by atoms with van der Waals surface area (Å²) >= 11 is 0. The highest BCUT2D eigenvalue weighted by molar-refractivity contribution is 5.92. The number of alkyl halides is 6. The molecule has 2 rings (SSSR count). The van der Waals surface area contributed by atoms with Crippen LogP contribution in [0.1, 0.15) is 85.3 Å². The summed E-state index contributed by atoms with van der Waals surface area (Å²) in [4.78, 5) is 48.8. The Labute approximate surface area is 346 Å². The van der Waals surface area contributed by atoms with E-state index in [1.807, 2.05) is 5.32 Å². The molecule has 0 saturated heterocycles. The van der Waals surface area contributed by atoms with E-state index >= 15 is 0 Å². The molecule has 60 heavy (non-hydrogen) atoms. The maximum Gasteiger partial charge on any atom is 0.424 e. The van der Waals surface area contributed by atoms with Crippen molar-refractivity contribution in [3.05, 3.63) is 71.8 Å². The summed E-state index contributed by atoms with van der Waals surface area (Å²) in [5, 5.41) is 22.3. The van der Waals surface area contributed by atoms with Crippen LogP contribution in [0.3, 0.4) is 0 Å². The predicted molar refractivity (Wildman–Crippen MR) is 207 cm³/mol. The minimum absolute atomic E-state index is 0.0436. The number of nitrogens with one attached hydrogen (secondary N) is 2. The largest absolute Gasteiger partial charge is 0.444 e. The van der Waals surface area contributed by atoms with Crippen LogP contribution in [0, 0.1) is 0 Å². The Balaban J connectivity index is 0.000000605. The summed E-state index contributed by atoms with van der Waals surface area (Å²) in [5.41, 5.74) is -7.13. The zero-order valence-electron chi connectivity index (χ0n) is 35.0. The number of benzene rings is 2. The number of ketones is 2. The lowest BCUT2D eigenvalue weighted by Crippen LogP contribution is -2.57. The van der Waals surface area contributed by atoms with E-state index in [2.05, 4.69) is 5.32 Å². The van der Waals surface area contributed by atoms with Gasteiger partial charge in [-0.15, -0.1) is 0 Å². The SMILES string of the molecule is CC(C)(C)OC(=O)NCC(=O)[C@@](CCCO)(OCc1ccccc1)C(F)(F)F.C[C@H](O)COCCC[C@@](OCc1ccccc1)(C(=O)CNC(=O)OC(C)(C)C)C(F)(F)F. The van der Waals surface area contributed by atoms with Gasteiger partial charge in [-0.1, -0.05) is 60.7 Å². The van der Waals surface area contributed by atoms with Gasteiger partial charge >= 0.3 is 24.5 Å². The molecule has 3 atom stereocenters. The van der Waals surface area contributed by atoms with Gasteiger partial charge in [0.1, 0.15) is 11.2 Å². The van der Waals surface area contributed by atoms with Crippen LogP contribution in [0.5, 0.6) is 0 Å². The molecule has 0 bridgehead atoms. The Kier molecular flexibility index (Phi) is 21.7. The third-order valence-electron chi connectivity index (χ3n) is 7.92. The molecule has 0 fully saturated rings. The third-order valence-corrected chi connectivity index (χ3v) is 7.92. The molecule has 13 nitrogen and oxygen atoms in total. The molecule has 340 valence electrons. The van der Waals surface area contributed by atoms with Gasteiger partial charge in [-0.2, -0.15) is 26.3 Å². The lowest BCUT2D eigenvalue weighted by molar-refractivity contribution is -0.272. The number of rotatable bonds is 21. The quantitative estimate of drug-likeness (QED) is 0.0740. The average Bonchev–Trinajstić information content (AvgIpc) is 3.12. The van der Waals surface area contributed by atoms with Gasteiger partial charge in [0, 0.05) is 13.2 Å². The second kappa shape index (κ2) is 24.2. The van der Waals surface area contributed by atoms with Gasteiger partial charge in [0.25, 0.3) is 0 Å². The number of hydrogen-bond donors (Lipinski definition) is 4. The molecular formula is C41H58F6N2O11. The van der Waals surface area contributed by atoms with E-state index in [4.69, 9.17) is 28.8 Å². The number of carbonyl (C=O) groups excluding carboxylic acids is 4. The van der Waals surface area contributed by atoms with Crippen molar-refractivity contribution in [1.29, 1.82) is 0 Å². The molecule has 19 heteroatoms. The summed E-state index contributed by atoms with van der Waals surface area (Å²) in [6.45, 7) is 7.55. The standard InChI is InChI=1S/C22H32F3NO6.C19H26F3NO5/c1-16(27)14-30-12-8-11-21(22(23,24)25,31-15-17-9-6-5-7-10-17)18(28)13-26-19(29)32-20(2,3)4;1-17(2,3)28-16(26)23-12-15(25)18(10-7-11-24,19(20,21)22)27-13-14-8-5-4-6-9-14/h5-7,9-10,16,27H,8,11-15H2,1-4H3,(H,26,29);4-6,8-9,24H,7,10-13H2,1-3H3,(H,23,26)/t16-,21+;18-/m01/s1. The number of ether oxygens (including phenoxy) is 5. The van der Waals surface area contributed by atoms with Gasteiger partial charge in [0.2, 0.25) is 11.2 Å². The second-order valence-electron chi connectivity index (χ2n) is 15.6. The molecule has 2 aromatic carbocycles. The normalized spacial score (nSPS) is 14.7. The van der Waals surface area contributed by atoms with Crippen molar-refractivity contribution in [3.8, 4) is 0 Å². The van der Waals surface area contributed by atoms with Crippen molar-refractivity contribution in [1.82, 2.24) is 10.6 Å². The molecule has 0 saturated carbocycles. The number of hydrogen-bond acceptors (Lipinski definition) is 11. The van der Waals surface area contributed by atoms with Crippen LogP contribution >= 0.6 is 0 Å². The van der Waals surface area contributed by atoms with Crippen LogP contribution in [0.2, 0.25) is 0 Å². The Morgan fingerprint density at radius 3 is 1.32 bits per heavy atom. The summed E-state index contributed by atoms with van der Waals surface area (Å²) in [6, 6.07) is 16.2. The number of alkyl carbamates (subject to hydrolysis) is 2. The maximum absolute atomic E-state index is 14.2. The van der Waals surface area contributed by atoms with E-state index in [0.29, 0.717) is 11.1 Å². The fourth-order valence-electron chi connectivity index (χ4n) is 5.13. The van der Waals surface area contributed by atoms with Crippen LogP contribution in [-0.4, -0.2) is 108 Å². The molecule has 2 amide bonds. The molecule has 0 aliphatic carbocycles. The molecule has 4 N–H and O–H groups in total. The molecule has 0 aliphatic rings. The van der Waals surface area contributed by atoms with Gasteiger partial charge in [-0.3, -0.25) is 9.59 Å². The Morgan fingerprint density at radius 1 is 0.633 bits per heavy atom. The Bertz CT molecular complexity index is 1600. The van der Waals surface area contributed by atoms with Gasteiger partial charge in [0.15, 0.2) is 11.6 Å². The number of aliphatic hydroxyl groups excluding tert-OH is 2. The highest BCUT2D eigenvalue weighted by atomic mass is 19.4. The first-order chi connectivity index (χ1) is 27.7. The molecule has 0 heterocycles. The lowest BCUT2D eigenvalue weighted by Gasteiger charge is -2.34. The minimum Gasteiger partial charge on any atom is -0.444 e. The smallest absolute Gasteiger partial charge is 0.424 e. The highest BCUT2D eigenvalue weighted by Gasteiger charge is 2.61. The monoisotopic (exact) mass is 868 g/mol. The van der Waals surface area contributed by atoms with Gasteiger partial charge in [0.05, 0.1) is 39.0 Å². The lowest BCUT2D eigenvalue weighted by atomic mass is 9.91. The molecule has 0 spiro atoms. The first-order valence-electron chi connectivity index (χ1n) is 19.0. The number of amides is 2. The van der Waals surface area contributed by atoms with E-state index in [1.165, 1.54) is 6.92 Å². The zero-order chi connectivity index (χ0) is 45.8. The summed E-state index contributed by atoms with van der Waals surface area (Å²) in [6.07, 6.45) is -14.8. The molecular weight excluding hydrogens is 810 g/mol. The number of carbonyl (C=O) groups is 4.